The van der Waals surface area contributed by atoms with Crippen LogP contribution in [0.4, 0.5) is 0 Å². The molecule has 6 heterocycles. The van der Waals surface area contributed by atoms with Gasteiger partial charge in [0, 0.05) is 0 Å². The molecule has 0 spiro atoms. The first-order chi connectivity index (χ1) is 34.3. The third kappa shape index (κ3) is 11.7. The summed E-state index contributed by atoms with van der Waals surface area (Å²) in [4.78, 5) is 5.22. The van der Waals surface area contributed by atoms with Crippen molar-refractivity contribution >= 4 is 163 Å². The zero-order valence-corrected chi connectivity index (χ0v) is 44.6. The lowest BCUT2D eigenvalue weighted by Gasteiger charge is -1.97. The van der Waals surface area contributed by atoms with Gasteiger partial charge in [0.05, 0.1) is 108 Å². The normalized spacial score (nSPS) is 13.7. The lowest BCUT2D eigenvalue weighted by molar-refractivity contribution is 1.30. The fourth-order valence-electron chi connectivity index (χ4n) is 5.12. The summed E-state index contributed by atoms with van der Waals surface area (Å²) in [7, 11) is 0. The molecule has 0 fully saturated rings. The fourth-order valence-corrected chi connectivity index (χ4v) is 18.9. The summed E-state index contributed by atoms with van der Waals surface area (Å²) >= 11 is 18.2. The third-order valence-corrected chi connectivity index (χ3v) is 23.8. The lowest BCUT2D eigenvalue weighted by Crippen LogP contribution is -1.98. The molecule has 0 aromatic heterocycles. The van der Waals surface area contributed by atoms with Gasteiger partial charge in [0.25, 0.3) is 0 Å². The molecule has 0 aliphatic carbocycles. The van der Waals surface area contributed by atoms with Crippen molar-refractivity contribution in [1.82, 2.24) is 0 Å². The molecule has 70 heavy (non-hydrogen) atoms. The van der Waals surface area contributed by atoms with E-state index in [9.17, 15) is 0 Å². The maximum atomic E-state index is 5.89. The van der Waals surface area contributed by atoms with E-state index < -0.39 is 0 Å². The lowest BCUT2D eigenvalue weighted by atomic mass is 10.2. The Morgan fingerprint density at radius 3 is 0.557 bits per heavy atom. The molecule has 2 aromatic carbocycles. The maximum absolute atomic E-state index is 5.89. The van der Waals surface area contributed by atoms with Crippen LogP contribution in [0.3, 0.4) is 0 Å². The van der Waals surface area contributed by atoms with Crippen LogP contribution in [0.1, 0.15) is 0 Å². The Morgan fingerprint density at radius 1 is 0.243 bits per heavy atom. The van der Waals surface area contributed by atoms with Gasteiger partial charge in [0.2, 0.25) is 0 Å². The van der Waals surface area contributed by atoms with Crippen molar-refractivity contribution in [2.75, 3.05) is 0 Å². The molecule has 0 unspecified atom stereocenters. The predicted octanol–water partition coefficient (Wildman–Crippen LogP) is 11.4. The Bertz CT molecular complexity index is 3220. The molecule has 6 aliphatic rings. The van der Waals surface area contributed by atoms with Gasteiger partial charge >= 0.3 is 0 Å². The molecule has 0 nitrogen and oxygen atoms in total. The number of thioether (sulfide) groups is 12. The van der Waals surface area contributed by atoms with E-state index in [0.29, 0.717) is 60.0 Å². The summed E-state index contributed by atoms with van der Waals surface area (Å²) < 4.78 is 6.00. The van der Waals surface area contributed by atoms with Crippen molar-refractivity contribution in [3.63, 3.8) is 0 Å². The first-order valence-corrected chi connectivity index (χ1v) is 28.8. The van der Waals surface area contributed by atoms with Gasteiger partial charge in [-0.05, 0) is 70.2 Å². The van der Waals surface area contributed by atoms with Crippen LogP contribution in [0.25, 0.3) is 22.3 Å². The largest absolute Gasteiger partial charge is 0.114 e. The van der Waals surface area contributed by atoms with Gasteiger partial charge in [-0.15, -0.1) is 51.4 Å². The Balaban J connectivity index is 1.31. The first-order valence-electron chi connectivity index (χ1n) is 18.8. The minimum Gasteiger partial charge on any atom is -0.114 e. The predicted molar refractivity (Wildman–Crippen MR) is 304 cm³/mol. The second-order valence-corrected chi connectivity index (χ2v) is 25.7. The summed E-state index contributed by atoms with van der Waals surface area (Å²) in [6.45, 7) is 0. The molecule has 0 radical (unpaired) electrons. The molecule has 0 saturated carbocycles. The van der Waals surface area contributed by atoms with E-state index >= 15 is 0 Å². The average molecular weight is 1090 g/mol. The van der Waals surface area contributed by atoms with E-state index in [0.717, 1.165) is 25.4 Å². The highest BCUT2D eigenvalue weighted by atomic mass is 32.2. The molecular weight excluding hydrogens is 1080 g/mol. The molecule has 0 atom stereocenters. The quantitative estimate of drug-likeness (QED) is 0.231. The average Bonchev–Trinajstić information content (AvgIpc) is 4.25. The van der Waals surface area contributed by atoms with Gasteiger partial charge in [0.1, 0.15) is 0 Å². The number of hydrogen-bond donors (Lipinski definition) is 0. The highest BCUT2D eigenvalue weighted by Gasteiger charge is 2.27. The molecule has 0 bridgehead atoms. The van der Waals surface area contributed by atoms with Crippen LogP contribution in [0.2, 0.25) is 0 Å². The van der Waals surface area contributed by atoms with Crippen LogP contribution < -0.4 is 20.9 Å². The van der Waals surface area contributed by atoms with Gasteiger partial charge in [-0.25, -0.2) is 0 Å². The molecule has 12 heteroatoms. The highest BCUT2D eigenvalue weighted by molar-refractivity contribution is 8.33. The SMILES string of the molecule is C#CC(C#C)=c1c#cc2c(c#cc(=C(C#C)C#C)c#cc3c(c#c1)SC(=C1Sc4c#cc(=C(C#C)C#C)c#cc5c(c#cc(=C(C#C)C#C)c#cc4S1)SC(=C1SC=CS1)S5)S3)SC(=C1SC=CS1)S2. The molecule has 8 rings (SSSR count). The summed E-state index contributed by atoms with van der Waals surface area (Å²) in [5, 5.41) is 9.32. The standard InChI is InChI=1S/C58H12S12/c1-9-37(10-2)41-17-25-45-46(64-55(63-45)53-59-33-34-60-53)26-18-42(38(11-3)12-4)22-30-50-49(29-21-41)67-57(68-50)58-69-51-31-23-43(39(13-5)14-6)19-27-47-48(66-56(65-47)54-61-35-36-62-54)28-20-44(40(15-7)16-8)24-32-52(51)70-58/h1-8,33-36H. The Kier molecular flexibility index (Phi) is 17.3. The number of terminal acetylenes is 8. The molecule has 0 saturated heterocycles. The zero-order chi connectivity index (χ0) is 49.0. The third-order valence-electron chi connectivity index (χ3n) is 8.26. The number of fused-ring (bicyclic) bond motifs is 4. The van der Waals surface area contributed by atoms with Crippen molar-refractivity contribution in [2.45, 2.75) is 39.2 Å². The van der Waals surface area contributed by atoms with Gasteiger partial charge < -0.3 is 0 Å². The summed E-state index contributed by atoms with van der Waals surface area (Å²) in [6, 6.07) is 51.4. The van der Waals surface area contributed by atoms with Crippen LogP contribution in [-0.4, -0.2) is 0 Å². The summed E-state index contributed by atoms with van der Waals surface area (Å²) in [6.07, 6.45) is 47.1. The van der Waals surface area contributed by atoms with Crippen LogP contribution in [0, 0.1) is 196 Å². The van der Waals surface area contributed by atoms with Crippen LogP contribution in [0.15, 0.2) is 86.2 Å². The fraction of sp³-hybridized carbons (Fsp3) is 0. The molecule has 0 amide bonds. The van der Waals surface area contributed by atoms with Gasteiger partial charge in [-0.2, -0.15) is 0 Å². The van der Waals surface area contributed by atoms with Crippen molar-refractivity contribution in [3.05, 3.63) is 165 Å². The molecular formula is C58H12S12. The zero-order valence-electron chi connectivity index (χ0n) is 34.8. The highest BCUT2D eigenvalue weighted by Crippen LogP contribution is 2.60. The summed E-state index contributed by atoms with van der Waals surface area (Å²) in [5.74, 6) is 20.5. The minimum absolute atomic E-state index is 0.209. The van der Waals surface area contributed by atoms with Crippen molar-refractivity contribution in [3.8, 4) is 98.8 Å². The first kappa shape index (κ1) is 50.2. The van der Waals surface area contributed by atoms with E-state index in [1.54, 1.807) is 47.0 Å². The van der Waals surface area contributed by atoms with Crippen LogP contribution >= 0.6 is 141 Å². The van der Waals surface area contributed by atoms with E-state index in [4.69, 9.17) is 51.4 Å². The minimum atomic E-state index is 0.209. The van der Waals surface area contributed by atoms with E-state index in [2.05, 4.69) is 144 Å². The molecule has 2 aromatic rings. The Hall–Kier alpha value is -6.22. The molecule has 316 valence electrons. The molecule has 6 aliphatic heterocycles. The van der Waals surface area contributed by atoms with Crippen molar-refractivity contribution < 1.29 is 0 Å². The number of rotatable bonds is 0. The Morgan fingerprint density at radius 2 is 0.400 bits per heavy atom. The van der Waals surface area contributed by atoms with Crippen LogP contribution in [-0.2, 0) is 0 Å². The second-order valence-electron chi connectivity index (χ2n) is 12.3. The van der Waals surface area contributed by atoms with Crippen molar-refractivity contribution in [1.29, 1.82) is 0 Å². The maximum Gasteiger partial charge on any atom is 0.0992 e. The van der Waals surface area contributed by atoms with Crippen molar-refractivity contribution in [2.24, 2.45) is 0 Å². The second kappa shape index (κ2) is 24.1. The van der Waals surface area contributed by atoms with E-state index in [-0.39, 0.29) is 22.3 Å². The topological polar surface area (TPSA) is 0 Å². The van der Waals surface area contributed by atoms with E-state index in [1.807, 2.05) is 21.6 Å². The Labute approximate surface area is 461 Å². The van der Waals surface area contributed by atoms with Gasteiger partial charge in [-0.3, -0.25) is 0 Å². The number of hydrogen-bond acceptors (Lipinski definition) is 12. The van der Waals surface area contributed by atoms with Gasteiger partial charge in [0.15, 0.2) is 0 Å². The summed E-state index contributed by atoms with van der Waals surface area (Å²) in [5.41, 5.74) is 0.836. The molecule has 0 N–H and O–H groups in total. The van der Waals surface area contributed by atoms with Crippen LogP contribution in [0.5, 0.6) is 0 Å². The monoisotopic (exact) mass is 1090 g/mol. The smallest absolute Gasteiger partial charge is 0.0992 e. The van der Waals surface area contributed by atoms with Gasteiger partial charge in [-0.1, -0.05) is 237 Å². The van der Waals surface area contributed by atoms with E-state index in [1.165, 1.54) is 94.1 Å².